The zero-order valence-corrected chi connectivity index (χ0v) is 15.0. The van der Waals surface area contributed by atoms with E-state index in [0.29, 0.717) is 18.2 Å². The first kappa shape index (κ1) is 17.2. The van der Waals surface area contributed by atoms with Crippen molar-refractivity contribution >= 4 is 5.91 Å². The molecule has 0 bridgehead atoms. The number of nitrogens with zero attached hydrogens (tertiary/aromatic N) is 3. The molecule has 4 rings (SSSR count). The molecular formula is C21H25N3O2. The molecule has 5 nitrogen and oxygen atoms in total. The summed E-state index contributed by atoms with van der Waals surface area (Å²) in [5.41, 5.74) is 1.72. The fraction of sp³-hybridized carbons (Fsp3) is 0.476. The fourth-order valence-electron chi connectivity index (χ4n) is 3.64. The smallest absolute Gasteiger partial charge is 0.274 e. The van der Waals surface area contributed by atoms with E-state index in [1.807, 2.05) is 11.0 Å². The summed E-state index contributed by atoms with van der Waals surface area (Å²) in [6.45, 7) is 2.30. The molecule has 1 aromatic carbocycles. The van der Waals surface area contributed by atoms with Crippen LogP contribution in [0.4, 0.5) is 0 Å². The highest BCUT2D eigenvalue weighted by atomic mass is 16.5. The van der Waals surface area contributed by atoms with Gasteiger partial charge in [0.1, 0.15) is 5.69 Å². The van der Waals surface area contributed by atoms with Crippen molar-refractivity contribution < 1.29 is 9.53 Å². The Bertz CT molecular complexity index is 719. The Hall–Kier alpha value is -2.27. The quantitative estimate of drug-likeness (QED) is 0.803. The summed E-state index contributed by atoms with van der Waals surface area (Å²) in [7, 11) is 0. The van der Waals surface area contributed by atoms with Crippen LogP contribution in [0.1, 0.15) is 35.3 Å². The van der Waals surface area contributed by atoms with Crippen LogP contribution in [0, 0.1) is 11.8 Å². The van der Waals surface area contributed by atoms with Crippen molar-refractivity contribution in [1.29, 1.82) is 0 Å². The van der Waals surface area contributed by atoms with Gasteiger partial charge in [0.2, 0.25) is 0 Å². The molecule has 2 aliphatic rings. The first-order chi connectivity index (χ1) is 12.8. The maximum atomic E-state index is 12.8. The van der Waals surface area contributed by atoms with E-state index in [9.17, 15) is 4.79 Å². The van der Waals surface area contributed by atoms with Gasteiger partial charge in [-0.05, 0) is 37.2 Å². The van der Waals surface area contributed by atoms with Gasteiger partial charge in [0, 0.05) is 38.0 Å². The standard InChI is InChI=1S/C21H25N3O2/c25-21(19-13-22-9-10-23-19)24-11-8-20(26-15-17-6-7-17)18(14-24)12-16-4-2-1-3-5-16/h1-5,9-10,13,17-18,20H,6-8,11-12,14-15H2/t18-,20+/m1/s1. The number of hydrogen-bond donors (Lipinski definition) is 0. The van der Waals surface area contributed by atoms with Crippen molar-refractivity contribution in [1.82, 2.24) is 14.9 Å². The molecule has 1 saturated heterocycles. The van der Waals surface area contributed by atoms with Gasteiger partial charge >= 0.3 is 0 Å². The van der Waals surface area contributed by atoms with E-state index < -0.39 is 0 Å². The molecule has 0 unspecified atom stereocenters. The van der Waals surface area contributed by atoms with Crippen molar-refractivity contribution in [3.8, 4) is 0 Å². The van der Waals surface area contributed by atoms with Gasteiger partial charge in [0.05, 0.1) is 12.3 Å². The Balaban J connectivity index is 1.45. The fourth-order valence-corrected chi connectivity index (χ4v) is 3.64. The summed E-state index contributed by atoms with van der Waals surface area (Å²) < 4.78 is 6.26. The lowest BCUT2D eigenvalue weighted by molar-refractivity contribution is -0.0327. The third kappa shape index (κ3) is 4.28. The Morgan fingerprint density at radius 1 is 1.15 bits per heavy atom. The molecule has 5 heteroatoms. The minimum Gasteiger partial charge on any atom is -0.377 e. The topological polar surface area (TPSA) is 55.3 Å². The van der Waals surface area contributed by atoms with E-state index in [4.69, 9.17) is 4.74 Å². The number of benzene rings is 1. The van der Waals surface area contributed by atoms with Gasteiger partial charge in [0.25, 0.3) is 5.91 Å². The van der Waals surface area contributed by atoms with Crippen LogP contribution < -0.4 is 0 Å². The van der Waals surface area contributed by atoms with E-state index in [2.05, 4.69) is 34.2 Å². The van der Waals surface area contributed by atoms with Crippen LogP contribution in [-0.2, 0) is 11.2 Å². The van der Waals surface area contributed by atoms with Crippen LogP contribution in [0.15, 0.2) is 48.9 Å². The van der Waals surface area contributed by atoms with Gasteiger partial charge < -0.3 is 9.64 Å². The second-order valence-corrected chi connectivity index (χ2v) is 7.40. The highest BCUT2D eigenvalue weighted by Gasteiger charge is 2.34. The lowest BCUT2D eigenvalue weighted by Crippen LogP contribution is -2.48. The third-order valence-electron chi connectivity index (χ3n) is 5.32. The number of carbonyl (C=O) groups is 1. The largest absolute Gasteiger partial charge is 0.377 e. The predicted molar refractivity (Wildman–Crippen MR) is 98.7 cm³/mol. The maximum Gasteiger partial charge on any atom is 0.274 e. The summed E-state index contributed by atoms with van der Waals surface area (Å²) in [6.07, 6.45) is 9.34. The molecule has 2 aromatic rings. The average molecular weight is 351 g/mol. The van der Waals surface area contributed by atoms with Crippen molar-refractivity contribution in [2.75, 3.05) is 19.7 Å². The molecule has 1 aromatic heterocycles. The SMILES string of the molecule is O=C(c1cnccn1)N1CC[C@H](OCC2CC2)[C@H](Cc2ccccc2)C1. The van der Waals surface area contributed by atoms with E-state index in [1.165, 1.54) is 18.4 Å². The molecule has 2 atom stereocenters. The molecule has 0 N–H and O–H groups in total. The van der Waals surface area contributed by atoms with Gasteiger partial charge in [0.15, 0.2) is 0 Å². The number of hydrogen-bond acceptors (Lipinski definition) is 4. The Labute approximate surface area is 154 Å². The van der Waals surface area contributed by atoms with Crippen LogP contribution in [0.3, 0.4) is 0 Å². The number of amides is 1. The molecule has 1 aliphatic heterocycles. The minimum atomic E-state index is -0.0307. The van der Waals surface area contributed by atoms with E-state index in [-0.39, 0.29) is 12.0 Å². The molecule has 1 amide bonds. The first-order valence-electron chi connectivity index (χ1n) is 9.50. The Kier molecular flexibility index (Phi) is 5.25. The van der Waals surface area contributed by atoms with E-state index in [0.717, 1.165) is 31.9 Å². The summed E-state index contributed by atoms with van der Waals surface area (Å²) >= 11 is 0. The molecule has 0 spiro atoms. The van der Waals surface area contributed by atoms with Crippen LogP contribution >= 0.6 is 0 Å². The second-order valence-electron chi connectivity index (χ2n) is 7.40. The number of carbonyl (C=O) groups excluding carboxylic acids is 1. The van der Waals surface area contributed by atoms with Crippen molar-refractivity contribution in [3.05, 3.63) is 60.2 Å². The summed E-state index contributed by atoms with van der Waals surface area (Å²) in [5.74, 6) is 1.04. The molecule has 2 heterocycles. The van der Waals surface area contributed by atoms with E-state index in [1.54, 1.807) is 18.6 Å². The highest BCUT2D eigenvalue weighted by molar-refractivity contribution is 5.92. The highest BCUT2D eigenvalue weighted by Crippen LogP contribution is 2.32. The Morgan fingerprint density at radius 2 is 2.00 bits per heavy atom. The predicted octanol–water partition coefficient (Wildman–Crippen LogP) is 2.98. The number of piperidine rings is 1. The molecular weight excluding hydrogens is 326 g/mol. The van der Waals surface area contributed by atoms with Gasteiger partial charge in [-0.2, -0.15) is 0 Å². The number of aromatic nitrogens is 2. The second kappa shape index (κ2) is 7.96. The molecule has 2 fully saturated rings. The summed E-state index contributed by atoms with van der Waals surface area (Å²) in [5, 5.41) is 0. The van der Waals surface area contributed by atoms with Crippen LogP contribution in [0.5, 0.6) is 0 Å². The minimum absolute atomic E-state index is 0.0307. The van der Waals surface area contributed by atoms with Gasteiger partial charge in [-0.1, -0.05) is 30.3 Å². The Morgan fingerprint density at radius 3 is 2.73 bits per heavy atom. The third-order valence-corrected chi connectivity index (χ3v) is 5.32. The van der Waals surface area contributed by atoms with Crippen LogP contribution in [0.25, 0.3) is 0 Å². The first-order valence-corrected chi connectivity index (χ1v) is 9.50. The zero-order chi connectivity index (χ0) is 17.8. The number of rotatable bonds is 6. The van der Waals surface area contributed by atoms with Crippen molar-refractivity contribution in [2.24, 2.45) is 11.8 Å². The van der Waals surface area contributed by atoms with Crippen molar-refractivity contribution in [2.45, 2.75) is 31.8 Å². The number of ether oxygens (including phenoxy) is 1. The molecule has 136 valence electrons. The summed E-state index contributed by atoms with van der Waals surface area (Å²) in [6, 6.07) is 10.5. The number of likely N-dealkylation sites (tertiary alicyclic amines) is 1. The van der Waals surface area contributed by atoms with Gasteiger partial charge in [-0.15, -0.1) is 0 Å². The molecule has 26 heavy (non-hydrogen) atoms. The normalized spacial score (nSPS) is 23.0. The van der Waals surface area contributed by atoms with Gasteiger partial charge in [-0.3, -0.25) is 9.78 Å². The lowest BCUT2D eigenvalue weighted by atomic mass is 9.88. The molecule has 1 aliphatic carbocycles. The molecule has 1 saturated carbocycles. The average Bonchev–Trinajstić information content (AvgIpc) is 3.52. The summed E-state index contributed by atoms with van der Waals surface area (Å²) in [4.78, 5) is 22.9. The zero-order valence-electron chi connectivity index (χ0n) is 15.0. The maximum absolute atomic E-state index is 12.8. The van der Waals surface area contributed by atoms with Crippen LogP contribution in [-0.4, -0.2) is 46.6 Å². The monoisotopic (exact) mass is 351 g/mol. The lowest BCUT2D eigenvalue weighted by Gasteiger charge is -2.38. The van der Waals surface area contributed by atoms with E-state index >= 15 is 0 Å². The van der Waals surface area contributed by atoms with Gasteiger partial charge in [-0.25, -0.2) is 4.98 Å². The molecule has 0 radical (unpaired) electrons. The van der Waals surface area contributed by atoms with Crippen molar-refractivity contribution in [3.63, 3.8) is 0 Å². The van der Waals surface area contributed by atoms with Crippen LogP contribution in [0.2, 0.25) is 0 Å².